The summed E-state index contributed by atoms with van der Waals surface area (Å²) in [6.07, 6.45) is 0. The summed E-state index contributed by atoms with van der Waals surface area (Å²) in [4.78, 5) is 13.2. The smallest absolute Gasteiger partial charge is 0.335 e. The highest BCUT2D eigenvalue weighted by Crippen LogP contribution is 2.40. The number of aromatic carboxylic acids is 1. The van der Waals surface area contributed by atoms with Gasteiger partial charge in [0, 0.05) is 23.7 Å². The molecule has 130 valence electrons. The molecule has 0 amide bonds. The van der Waals surface area contributed by atoms with Gasteiger partial charge in [-0.2, -0.15) is 0 Å². The van der Waals surface area contributed by atoms with Crippen LogP contribution in [0.5, 0.6) is 11.5 Å². The summed E-state index contributed by atoms with van der Waals surface area (Å²) in [6, 6.07) is 20.5. The molecule has 0 saturated carbocycles. The molecule has 0 bridgehead atoms. The normalized spacial score (nSPS) is 12.6. The van der Waals surface area contributed by atoms with E-state index in [-0.39, 0.29) is 5.56 Å². The van der Waals surface area contributed by atoms with Crippen LogP contribution in [0.4, 0.5) is 5.69 Å². The van der Waals surface area contributed by atoms with E-state index in [1.165, 1.54) is 0 Å². The van der Waals surface area contributed by atoms with Gasteiger partial charge >= 0.3 is 5.97 Å². The number of benzene rings is 3. The Morgan fingerprint density at radius 1 is 1.04 bits per heavy atom. The molecule has 0 unspecified atom stereocenters. The zero-order chi connectivity index (χ0) is 18.1. The second-order valence-corrected chi connectivity index (χ2v) is 6.62. The molecule has 0 aromatic heterocycles. The number of carboxylic acids is 1. The fraction of sp³-hybridized carbons (Fsp3) is 0.0952. The Morgan fingerprint density at radius 2 is 1.81 bits per heavy atom. The number of anilines is 1. The van der Waals surface area contributed by atoms with Gasteiger partial charge < -0.3 is 14.7 Å². The van der Waals surface area contributed by atoms with Crippen LogP contribution in [-0.2, 0) is 13.1 Å². The summed E-state index contributed by atoms with van der Waals surface area (Å²) >= 11 is 6.22. The molecule has 4 nitrogen and oxygen atoms in total. The molecule has 0 atom stereocenters. The molecule has 1 N–H and O–H groups in total. The van der Waals surface area contributed by atoms with Crippen molar-refractivity contribution in [3.63, 3.8) is 0 Å². The van der Waals surface area contributed by atoms with Gasteiger partial charge in [0.05, 0.1) is 11.3 Å². The summed E-state index contributed by atoms with van der Waals surface area (Å²) in [6.45, 7) is 1.29. The number of hydrogen-bond acceptors (Lipinski definition) is 3. The van der Waals surface area contributed by atoms with Crippen LogP contribution >= 0.6 is 11.6 Å². The second-order valence-electron chi connectivity index (χ2n) is 6.18. The average Bonchev–Trinajstić information content (AvgIpc) is 2.79. The summed E-state index contributed by atoms with van der Waals surface area (Å²) < 4.78 is 6.10. The van der Waals surface area contributed by atoms with Crippen molar-refractivity contribution in [2.45, 2.75) is 13.1 Å². The monoisotopic (exact) mass is 365 g/mol. The third-order valence-electron chi connectivity index (χ3n) is 4.39. The average molecular weight is 366 g/mol. The fourth-order valence-corrected chi connectivity index (χ4v) is 3.25. The number of nitrogens with zero attached hydrogens (tertiary/aromatic N) is 1. The maximum Gasteiger partial charge on any atom is 0.335 e. The van der Waals surface area contributed by atoms with Gasteiger partial charge in [0.25, 0.3) is 0 Å². The van der Waals surface area contributed by atoms with Crippen molar-refractivity contribution in [3.8, 4) is 11.5 Å². The lowest BCUT2D eigenvalue weighted by Crippen LogP contribution is -2.21. The SMILES string of the molecule is O=C(O)c1ccc(CN2Cc3ccccc3Oc3ccc(Cl)cc32)cc1. The Balaban J connectivity index is 1.72. The standard InChI is InChI=1S/C21H16ClNO3/c22-17-9-10-20-18(11-17)23(13-16-3-1-2-4-19(16)26-20)12-14-5-7-15(8-6-14)21(24)25/h1-11H,12-13H2,(H,24,25). The molecular formula is C21H16ClNO3. The molecule has 0 spiro atoms. The lowest BCUT2D eigenvalue weighted by Gasteiger charge is -2.24. The number of ether oxygens (including phenoxy) is 1. The van der Waals surface area contributed by atoms with E-state index in [0.717, 1.165) is 28.3 Å². The van der Waals surface area contributed by atoms with Crippen LogP contribution in [0.1, 0.15) is 21.5 Å². The van der Waals surface area contributed by atoms with Gasteiger partial charge in [0.2, 0.25) is 0 Å². The van der Waals surface area contributed by atoms with E-state index in [1.807, 2.05) is 54.6 Å². The highest BCUT2D eigenvalue weighted by molar-refractivity contribution is 6.31. The zero-order valence-electron chi connectivity index (χ0n) is 13.9. The van der Waals surface area contributed by atoms with Crippen molar-refractivity contribution >= 4 is 23.3 Å². The number of halogens is 1. The van der Waals surface area contributed by atoms with Crippen LogP contribution in [0.15, 0.2) is 66.7 Å². The first-order valence-corrected chi connectivity index (χ1v) is 8.60. The maximum atomic E-state index is 11.0. The molecule has 3 aromatic carbocycles. The predicted molar refractivity (Wildman–Crippen MR) is 101 cm³/mol. The molecular weight excluding hydrogens is 350 g/mol. The third kappa shape index (κ3) is 3.24. The van der Waals surface area contributed by atoms with E-state index < -0.39 is 5.97 Å². The van der Waals surface area contributed by atoms with Crippen molar-refractivity contribution in [3.05, 3.63) is 88.4 Å². The largest absolute Gasteiger partial charge is 0.478 e. The van der Waals surface area contributed by atoms with E-state index >= 15 is 0 Å². The number of hydrogen-bond donors (Lipinski definition) is 1. The highest BCUT2D eigenvalue weighted by atomic mass is 35.5. The van der Waals surface area contributed by atoms with Crippen LogP contribution in [0.25, 0.3) is 0 Å². The number of fused-ring (bicyclic) bond motifs is 2. The van der Waals surface area contributed by atoms with Gasteiger partial charge in [-0.15, -0.1) is 0 Å². The molecule has 0 saturated heterocycles. The molecule has 1 aliphatic rings. The lowest BCUT2D eigenvalue weighted by molar-refractivity contribution is 0.0697. The first kappa shape index (κ1) is 16.5. The quantitative estimate of drug-likeness (QED) is 0.679. The molecule has 0 radical (unpaired) electrons. The molecule has 0 fully saturated rings. The molecule has 26 heavy (non-hydrogen) atoms. The van der Waals surface area contributed by atoms with E-state index in [9.17, 15) is 4.79 Å². The van der Waals surface area contributed by atoms with Gasteiger partial charge in [0.1, 0.15) is 5.75 Å². The molecule has 0 aliphatic carbocycles. The Bertz CT molecular complexity index is 969. The van der Waals surface area contributed by atoms with E-state index in [0.29, 0.717) is 18.1 Å². The van der Waals surface area contributed by atoms with Crippen LogP contribution in [0.2, 0.25) is 5.02 Å². The van der Waals surface area contributed by atoms with Crippen molar-refractivity contribution in [2.75, 3.05) is 4.90 Å². The van der Waals surface area contributed by atoms with Crippen LogP contribution in [0.3, 0.4) is 0 Å². The number of carbonyl (C=O) groups is 1. The van der Waals surface area contributed by atoms with Gasteiger partial charge in [-0.1, -0.05) is 41.9 Å². The summed E-state index contributed by atoms with van der Waals surface area (Å²) in [5, 5.41) is 9.71. The van der Waals surface area contributed by atoms with Gasteiger partial charge in [-0.05, 0) is 42.0 Å². The van der Waals surface area contributed by atoms with Gasteiger partial charge in [-0.25, -0.2) is 4.79 Å². The first-order valence-electron chi connectivity index (χ1n) is 8.22. The Morgan fingerprint density at radius 3 is 2.58 bits per heavy atom. The number of rotatable bonds is 3. The molecule has 1 aliphatic heterocycles. The van der Waals surface area contributed by atoms with E-state index in [4.69, 9.17) is 21.4 Å². The number of carboxylic acid groups (broad SMARTS) is 1. The minimum absolute atomic E-state index is 0.279. The predicted octanol–water partition coefficient (Wildman–Crippen LogP) is 5.35. The van der Waals surface area contributed by atoms with Crippen molar-refractivity contribution in [1.29, 1.82) is 0 Å². The van der Waals surface area contributed by atoms with Crippen LogP contribution < -0.4 is 9.64 Å². The topological polar surface area (TPSA) is 49.8 Å². The van der Waals surface area contributed by atoms with E-state index in [2.05, 4.69) is 4.90 Å². The number of para-hydroxylation sites is 1. The second kappa shape index (κ2) is 6.73. The molecule has 4 rings (SSSR count). The Kier molecular flexibility index (Phi) is 4.27. The van der Waals surface area contributed by atoms with Gasteiger partial charge in [0.15, 0.2) is 5.75 Å². The van der Waals surface area contributed by atoms with Crippen LogP contribution in [-0.4, -0.2) is 11.1 Å². The zero-order valence-corrected chi connectivity index (χ0v) is 14.6. The molecule has 1 heterocycles. The maximum absolute atomic E-state index is 11.0. The molecule has 3 aromatic rings. The highest BCUT2D eigenvalue weighted by Gasteiger charge is 2.21. The Labute approximate surface area is 156 Å². The Hall–Kier alpha value is -2.98. The van der Waals surface area contributed by atoms with Crippen molar-refractivity contribution in [1.82, 2.24) is 0 Å². The summed E-state index contributed by atoms with van der Waals surface area (Å²) in [7, 11) is 0. The lowest BCUT2D eigenvalue weighted by atomic mass is 10.1. The summed E-state index contributed by atoms with van der Waals surface area (Å²) in [5.41, 5.74) is 3.29. The van der Waals surface area contributed by atoms with Crippen molar-refractivity contribution in [2.24, 2.45) is 0 Å². The third-order valence-corrected chi connectivity index (χ3v) is 4.62. The molecule has 5 heteroatoms. The van der Waals surface area contributed by atoms with E-state index in [1.54, 1.807) is 12.1 Å². The fourth-order valence-electron chi connectivity index (χ4n) is 3.08. The van der Waals surface area contributed by atoms with Crippen molar-refractivity contribution < 1.29 is 14.6 Å². The van der Waals surface area contributed by atoms with Gasteiger partial charge in [-0.3, -0.25) is 0 Å². The minimum Gasteiger partial charge on any atom is -0.478 e. The summed E-state index contributed by atoms with van der Waals surface area (Å²) in [5.74, 6) is 0.659. The first-order chi connectivity index (χ1) is 12.6. The minimum atomic E-state index is -0.925. The van der Waals surface area contributed by atoms with Crippen LogP contribution in [0, 0.1) is 0 Å².